The third-order valence-electron chi connectivity index (χ3n) is 4.64. The fraction of sp³-hybridized carbons (Fsp3) is 0.455. The van der Waals surface area contributed by atoms with E-state index >= 15 is 0 Å². The molecular weight excluding hydrogens is 326 g/mol. The zero-order chi connectivity index (χ0) is 18.4. The average Bonchev–Trinajstić information content (AvgIpc) is 2.66. The molecule has 0 aliphatic carbocycles. The van der Waals surface area contributed by atoms with Gasteiger partial charge in [0.05, 0.1) is 13.2 Å². The number of aryl methyl sites for hydroxylation is 1. The van der Waals surface area contributed by atoms with E-state index in [1.807, 2.05) is 30.3 Å². The number of para-hydroxylation sites is 1. The summed E-state index contributed by atoms with van der Waals surface area (Å²) in [6.07, 6.45) is 0.769. The van der Waals surface area contributed by atoms with Gasteiger partial charge < -0.3 is 19.1 Å². The maximum atomic E-state index is 6.57. The molecule has 1 saturated heterocycles. The fourth-order valence-electron chi connectivity index (χ4n) is 3.22. The molecule has 26 heavy (non-hydrogen) atoms. The van der Waals surface area contributed by atoms with Crippen molar-refractivity contribution >= 4 is 0 Å². The number of ether oxygens (including phenoxy) is 3. The molecule has 2 unspecified atom stereocenters. The molecule has 1 aliphatic heterocycles. The van der Waals surface area contributed by atoms with Crippen LogP contribution in [0.25, 0.3) is 0 Å². The minimum Gasteiger partial charge on any atom is -0.490 e. The molecule has 2 aromatic carbocycles. The van der Waals surface area contributed by atoms with Gasteiger partial charge in [-0.25, -0.2) is 0 Å². The topological polar surface area (TPSA) is 30.9 Å². The SMILES string of the molecule is CCCOc1cccc(C)c1OC(c1ccccc1)C1CN(C)CCO1. The minimum atomic E-state index is -0.177. The summed E-state index contributed by atoms with van der Waals surface area (Å²) in [4.78, 5) is 2.29. The van der Waals surface area contributed by atoms with Gasteiger partial charge in [-0.3, -0.25) is 0 Å². The first-order chi connectivity index (χ1) is 12.7. The Hall–Kier alpha value is -2.04. The second-order valence-corrected chi connectivity index (χ2v) is 6.87. The van der Waals surface area contributed by atoms with Crippen molar-refractivity contribution < 1.29 is 14.2 Å². The summed E-state index contributed by atoms with van der Waals surface area (Å²) < 4.78 is 18.6. The van der Waals surface area contributed by atoms with Crippen molar-refractivity contribution in [1.82, 2.24) is 4.90 Å². The van der Waals surface area contributed by atoms with Crippen molar-refractivity contribution in [1.29, 1.82) is 0 Å². The predicted octanol–water partition coefficient (Wildman–Crippen LogP) is 4.23. The Kier molecular flexibility index (Phi) is 6.53. The summed E-state index contributed by atoms with van der Waals surface area (Å²) in [7, 11) is 2.13. The van der Waals surface area contributed by atoms with Crippen molar-refractivity contribution in [3.05, 3.63) is 59.7 Å². The molecule has 1 heterocycles. The van der Waals surface area contributed by atoms with Crippen LogP contribution in [0.4, 0.5) is 0 Å². The standard InChI is InChI=1S/C22H29NO3/c1-4-14-24-19-12-8-9-17(2)21(19)26-22(18-10-6-5-7-11-18)20-16-23(3)13-15-25-20/h5-12,20,22H,4,13-16H2,1-3H3. The molecule has 2 atom stereocenters. The summed E-state index contributed by atoms with van der Waals surface area (Å²) in [5.74, 6) is 1.61. The van der Waals surface area contributed by atoms with Crippen molar-refractivity contribution in [3.63, 3.8) is 0 Å². The average molecular weight is 355 g/mol. The molecule has 0 amide bonds. The van der Waals surface area contributed by atoms with Crippen LogP contribution >= 0.6 is 0 Å². The van der Waals surface area contributed by atoms with Crippen LogP contribution in [0.3, 0.4) is 0 Å². The normalized spacial score (nSPS) is 19.1. The Morgan fingerprint density at radius 1 is 1.15 bits per heavy atom. The molecule has 0 aromatic heterocycles. The van der Waals surface area contributed by atoms with Crippen LogP contribution in [0, 0.1) is 6.92 Å². The number of benzene rings is 2. The second-order valence-electron chi connectivity index (χ2n) is 6.87. The zero-order valence-electron chi connectivity index (χ0n) is 16.0. The molecule has 1 aliphatic rings. The number of likely N-dealkylation sites (N-methyl/N-ethyl adjacent to an activating group) is 1. The number of morpholine rings is 1. The lowest BCUT2D eigenvalue weighted by Gasteiger charge is -2.35. The highest BCUT2D eigenvalue weighted by Crippen LogP contribution is 2.36. The van der Waals surface area contributed by atoms with E-state index < -0.39 is 0 Å². The van der Waals surface area contributed by atoms with E-state index in [4.69, 9.17) is 14.2 Å². The van der Waals surface area contributed by atoms with Crippen LogP contribution in [0.2, 0.25) is 0 Å². The summed E-state index contributed by atoms with van der Waals surface area (Å²) in [5, 5.41) is 0. The Bertz CT molecular complexity index is 689. The molecule has 0 N–H and O–H groups in total. The highest BCUT2D eigenvalue weighted by atomic mass is 16.6. The van der Waals surface area contributed by atoms with Crippen LogP contribution in [0.15, 0.2) is 48.5 Å². The lowest BCUT2D eigenvalue weighted by atomic mass is 10.0. The summed E-state index contributed by atoms with van der Waals surface area (Å²) >= 11 is 0. The highest BCUT2D eigenvalue weighted by Gasteiger charge is 2.31. The Balaban J connectivity index is 1.91. The van der Waals surface area contributed by atoms with Gasteiger partial charge in [0, 0.05) is 13.1 Å². The first kappa shape index (κ1) is 18.7. The Morgan fingerprint density at radius 3 is 2.69 bits per heavy atom. The van der Waals surface area contributed by atoms with E-state index in [2.05, 4.69) is 44.0 Å². The van der Waals surface area contributed by atoms with Crippen LogP contribution in [-0.4, -0.2) is 44.4 Å². The number of nitrogens with zero attached hydrogens (tertiary/aromatic N) is 1. The Morgan fingerprint density at radius 2 is 1.96 bits per heavy atom. The van der Waals surface area contributed by atoms with Gasteiger partial charge in [0.2, 0.25) is 0 Å². The molecule has 4 heteroatoms. The van der Waals surface area contributed by atoms with Crippen molar-refractivity contribution in [3.8, 4) is 11.5 Å². The smallest absolute Gasteiger partial charge is 0.165 e. The van der Waals surface area contributed by atoms with Gasteiger partial charge in [-0.05, 0) is 37.6 Å². The van der Waals surface area contributed by atoms with Crippen LogP contribution in [0.1, 0.15) is 30.6 Å². The van der Waals surface area contributed by atoms with E-state index in [-0.39, 0.29) is 12.2 Å². The lowest BCUT2D eigenvalue weighted by molar-refractivity contribution is -0.0766. The maximum Gasteiger partial charge on any atom is 0.165 e. The third-order valence-corrected chi connectivity index (χ3v) is 4.64. The second kappa shape index (κ2) is 9.06. The third kappa shape index (κ3) is 4.57. The minimum absolute atomic E-state index is 0.0187. The van der Waals surface area contributed by atoms with E-state index in [9.17, 15) is 0 Å². The molecule has 0 spiro atoms. The molecule has 0 saturated carbocycles. The fourth-order valence-corrected chi connectivity index (χ4v) is 3.22. The van der Waals surface area contributed by atoms with Gasteiger partial charge in [-0.1, -0.05) is 49.4 Å². The van der Waals surface area contributed by atoms with Crippen molar-refractivity contribution in [2.75, 3.05) is 33.4 Å². The van der Waals surface area contributed by atoms with Gasteiger partial charge in [-0.15, -0.1) is 0 Å². The molecule has 0 radical (unpaired) electrons. The van der Waals surface area contributed by atoms with Gasteiger partial charge in [0.1, 0.15) is 6.10 Å². The molecule has 140 valence electrons. The molecule has 2 aromatic rings. The van der Waals surface area contributed by atoms with Gasteiger partial charge in [-0.2, -0.15) is 0 Å². The van der Waals surface area contributed by atoms with Crippen LogP contribution in [0.5, 0.6) is 11.5 Å². The molecule has 3 rings (SSSR count). The summed E-state index contributed by atoms with van der Waals surface area (Å²) in [5.41, 5.74) is 2.20. The van der Waals surface area contributed by atoms with Gasteiger partial charge in [0.25, 0.3) is 0 Å². The van der Waals surface area contributed by atoms with E-state index in [0.29, 0.717) is 6.61 Å². The predicted molar refractivity (Wildman–Crippen MR) is 104 cm³/mol. The molecule has 4 nitrogen and oxygen atoms in total. The number of hydrogen-bond donors (Lipinski definition) is 0. The van der Waals surface area contributed by atoms with Gasteiger partial charge >= 0.3 is 0 Å². The van der Waals surface area contributed by atoms with E-state index in [1.165, 1.54) is 0 Å². The van der Waals surface area contributed by atoms with Crippen molar-refractivity contribution in [2.24, 2.45) is 0 Å². The van der Waals surface area contributed by atoms with Gasteiger partial charge in [0.15, 0.2) is 17.6 Å². The molecule has 1 fully saturated rings. The molecule has 0 bridgehead atoms. The maximum absolute atomic E-state index is 6.57. The quantitative estimate of drug-likeness (QED) is 0.743. The monoisotopic (exact) mass is 355 g/mol. The Labute approximate surface area is 156 Å². The first-order valence-electron chi connectivity index (χ1n) is 9.43. The highest BCUT2D eigenvalue weighted by molar-refractivity contribution is 5.46. The zero-order valence-corrected chi connectivity index (χ0v) is 16.0. The van der Waals surface area contributed by atoms with E-state index in [1.54, 1.807) is 0 Å². The lowest BCUT2D eigenvalue weighted by Crippen LogP contribution is -2.44. The first-order valence-corrected chi connectivity index (χ1v) is 9.43. The van der Waals surface area contributed by atoms with Crippen molar-refractivity contribution in [2.45, 2.75) is 32.5 Å². The number of hydrogen-bond acceptors (Lipinski definition) is 4. The largest absolute Gasteiger partial charge is 0.490 e. The van der Waals surface area contributed by atoms with Crippen LogP contribution < -0.4 is 9.47 Å². The summed E-state index contributed by atoms with van der Waals surface area (Å²) in [6.45, 7) is 7.36. The number of rotatable bonds is 7. The van der Waals surface area contributed by atoms with Crippen LogP contribution in [-0.2, 0) is 4.74 Å². The molecular formula is C22H29NO3. The van der Waals surface area contributed by atoms with E-state index in [0.717, 1.165) is 48.7 Å². The summed E-state index contributed by atoms with van der Waals surface area (Å²) in [6, 6.07) is 16.4.